The molecule has 0 aliphatic carbocycles. The first kappa shape index (κ1) is 15.3. The molecule has 1 unspecified atom stereocenters. The van der Waals surface area contributed by atoms with Crippen LogP contribution in [0.25, 0.3) is 0 Å². The molecule has 1 aromatic rings. The van der Waals surface area contributed by atoms with Gasteiger partial charge in [0.1, 0.15) is 11.4 Å². The van der Waals surface area contributed by atoms with E-state index in [0.717, 1.165) is 30.4 Å². The summed E-state index contributed by atoms with van der Waals surface area (Å²) in [5.74, 6) is 7.37. The van der Waals surface area contributed by atoms with Gasteiger partial charge in [0.2, 0.25) is 0 Å². The first-order chi connectivity index (χ1) is 9.65. The van der Waals surface area contributed by atoms with Crippen molar-refractivity contribution in [2.45, 2.75) is 32.6 Å². The number of methoxy groups -OCH3 is 1. The van der Waals surface area contributed by atoms with E-state index in [9.17, 15) is 0 Å². The van der Waals surface area contributed by atoms with Crippen molar-refractivity contribution >= 4 is 24.2 Å². The van der Waals surface area contributed by atoms with E-state index in [-0.39, 0.29) is 0 Å². The van der Waals surface area contributed by atoms with Gasteiger partial charge in [-0.15, -0.1) is 0 Å². The fourth-order valence-electron chi connectivity index (χ4n) is 2.89. The summed E-state index contributed by atoms with van der Waals surface area (Å²) < 4.78 is 6.63. The summed E-state index contributed by atoms with van der Waals surface area (Å²) in [7, 11) is 1.65. The lowest BCUT2D eigenvalue weighted by atomic mass is 9.98. The van der Waals surface area contributed by atoms with Crippen LogP contribution in [0.4, 0.5) is 11.4 Å². The molecule has 1 saturated heterocycles. The van der Waals surface area contributed by atoms with Crippen molar-refractivity contribution in [1.82, 2.24) is 0 Å². The third kappa shape index (κ3) is 3.52. The molecule has 0 radical (unpaired) electrons. The van der Waals surface area contributed by atoms with Gasteiger partial charge in [-0.2, -0.15) is 0 Å². The molecule has 1 atom stereocenters. The fourth-order valence-corrected chi connectivity index (χ4v) is 3.04. The Bertz CT molecular complexity index is 439. The Labute approximate surface area is 127 Å². The Kier molecular flexibility index (Phi) is 5.43. The van der Waals surface area contributed by atoms with Crippen LogP contribution in [-0.2, 0) is 0 Å². The number of hydrogen-bond donors (Lipinski definition) is 2. The molecule has 0 aromatic heterocycles. The van der Waals surface area contributed by atoms with E-state index in [2.05, 4.69) is 36.8 Å². The van der Waals surface area contributed by atoms with Crippen molar-refractivity contribution in [1.29, 1.82) is 0 Å². The van der Waals surface area contributed by atoms with Crippen molar-refractivity contribution in [2.24, 2.45) is 11.8 Å². The smallest absolute Gasteiger partial charge is 0.144 e. The van der Waals surface area contributed by atoms with Crippen molar-refractivity contribution in [3.05, 3.63) is 18.2 Å². The summed E-state index contributed by atoms with van der Waals surface area (Å²) >= 11 is 4.19. The van der Waals surface area contributed by atoms with E-state index in [0.29, 0.717) is 0 Å². The molecule has 2 N–H and O–H groups in total. The van der Waals surface area contributed by atoms with Crippen molar-refractivity contribution in [3.8, 4) is 5.75 Å². The standard InChI is InChI=1S/C15H25N3OS/c1-3-12-5-4-9-17(10-8-12)13-6-7-15(19-2)14(11-13)18(16)20/h6-7,11-12,20H,3-5,8-10,16H2,1-2H3. The number of benzene rings is 1. The van der Waals surface area contributed by atoms with Gasteiger partial charge in [0.25, 0.3) is 0 Å². The second-order valence-electron chi connectivity index (χ2n) is 5.39. The summed E-state index contributed by atoms with van der Waals surface area (Å²) in [5.41, 5.74) is 1.99. The van der Waals surface area contributed by atoms with E-state index in [1.54, 1.807) is 7.11 Å². The maximum Gasteiger partial charge on any atom is 0.144 e. The topological polar surface area (TPSA) is 41.7 Å². The van der Waals surface area contributed by atoms with Gasteiger partial charge in [-0.3, -0.25) is 4.41 Å². The second-order valence-corrected chi connectivity index (χ2v) is 5.82. The molecule has 1 fully saturated rings. The molecule has 1 aliphatic heterocycles. The number of anilines is 2. The second kappa shape index (κ2) is 7.09. The van der Waals surface area contributed by atoms with E-state index in [1.807, 2.05) is 6.07 Å². The number of nitrogens with zero attached hydrogens (tertiary/aromatic N) is 2. The van der Waals surface area contributed by atoms with Gasteiger partial charge < -0.3 is 9.64 Å². The first-order valence-corrected chi connectivity index (χ1v) is 7.72. The van der Waals surface area contributed by atoms with Crippen molar-refractivity contribution in [2.75, 3.05) is 29.5 Å². The Hall–Kier alpha value is -1.07. The molecule has 1 heterocycles. The van der Waals surface area contributed by atoms with Crippen LogP contribution >= 0.6 is 12.8 Å². The lowest BCUT2D eigenvalue weighted by Gasteiger charge is -2.25. The molecule has 0 bridgehead atoms. The van der Waals surface area contributed by atoms with Crippen LogP contribution in [0.15, 0.2) is 18.2 Å². The number of ether oxygens (including phenoxy) is 1. The van der Waals surface area contributed by atoms with E-state index < -0.39 is 0 Å². The molecule has 0 amide bonds. The quantitative estimate of drug-likeness (QED) is 0.508. The van der Waals surface area contributed by atoms with Crippen LogP contribution < -0.4 is 19.9 Å². The van der Waals surface area contributed by atoms with E-state index in [1.165, 1.54) is 35.8 Å². The minimum absolute atomic E-state index is 0.743. The third-order valence-corrected chi connectivity index (χ3v) is 4.41. The predicted octanol–water partition coefficient (Wildman–Crippen LogP) is 3.24. The summed E-state index contributed by atoms with van der Waals surface area (Å²) in [6.07, 6.45) is 5.15. The summed E-state index contributed by atoms with van der Waals surface area (Å²) in [6.45, 7) is 4.51. The largest absolute Gasteiger partial charge is 0.494 e. The number of hydrazine groups is 1. The Morgan fingerprint density at radius 1 is 1.40 bits per heavy atom. The number of thiol groups is 1. The number of nitrogens with two attached hydrogens (primary N) is 1. The molecular weight excluding hydrogens is 270 g/mol. The summed E-state index contributed by atoms with van der Waals surface area (Å²) in [6, 6.07) is 6.12. The van der Waals surface area contributed by atoms with Crippen LogP contribution in [0.1, 0.15) is 32.6 Å². The van der Waals surface area contributed by atoms with Crippen LogP contribution in [0, 0.1) is 5.92 Å². The molecule has 2 rings (SSSR count). The molecule has 1 aliphatic rings. The minimum Gasteiger partial charge on any atom is -0.494 e. The van der Waals surface area contributed by atoms with Gasteiger partial charge in [0.05, 0.1) is 7.11 Å². The molecule has 0 spiro atoms. The van der Waals surface area contributed by atoms with Gasteiger partial charge in [-0.05, 0) is 56.2 Å². The average Bonchev–Trinajstić information content (AvgIpc) is 2.71. The molecule has 1 aromatic carbocycles. The third-order valence-electron chi connectivity index (χ3n) is 4.20. The molecule has 5 heteroatoms. The SMILES string of the molecule is CCC1CCCN(c2ccc(OC)c(N(N)S)c2)CC1. The lowest BCUT2D eigenvalue weighted by Crippen LogP contribution is -2.25. The Morgan fingerprint density at radius 3 is 2.85 bits per heavy atom. The highest BCUT2D eigenvalue weighted by molar-refractivity contribution is 7.81. The van der Waals surface area contributed by atoms with Crippen molar-refractivity contribution < 1.29 is 4.74 Å². The zero-order valence-electron chi connectivity index (χ0n) is 12.4. The Morgan fingerprint density at radius 2 is 2.20 bits per heavy atom. The molecular formula is C15H25N3OS. The van der Waals surface area contributed by atoms with Gasteiger partial charge >= 0.3 is 0 Å². The zero-order valence-corrected chi connectivity index (χ0v) is 13.3. The monoisotopic (exact) mass is 295 g/mol. The maximum absolute atomic E-state index is 5.76. The van der Waals surface area contributed by atoms with E-state index in [4.69, 9.17) is 10.6 Å². The van der Waals surface area contributed by atoms with Gasteiger partial charge in [-0.1, -0.05) is 13.3 Å². The number of hydrogen-bond acceptors (Lipinski definition) is 5. The normalized spacial score (nSPS) is 19.6. The van der Waals surface area contributed by atoms with Crippen LogP contribution in [0.2, 0.25) is 0 Å². The highest BCUT2D eigenvalue weighted by Crippen LogP contribution is 2.33. The van der Waals surface area contributed by atoms with Crippen LogP contribution in [0.3, 0.4) is 0 Å². The molecule has 0 saturated carbocycles. The summed E-state index contributed by atoms with van der Waals surface area (Å²) in [5, 5.41) is 0. The lowest BCUT2D eigenvalue weighted by molar-refractivity contribution is 0.416. The predicted molar refractivity (Wildman–Crippen MR) is 88.5 cm³/mol. The molecule has 20 heavy (non-hydrogen) atoms. The minimum atomic E-state index is 0.743. The van der Waals surface area contributed by atoms with Crippen molar-refractivity contribution in [3.63, 3.8) is 0 Å². The molecule has 112 valence electrons. The fraction of sp³-hybridized carbons (Fsp3) is 0.600. The van der Waals surface area contributed by atoms with E-state index >= 15 is 0 Å². The average molecular weight is 295 g/mol. The van der Waals surface area contributed by atoms with Gasteiger partial charge in [0.15, 0.2) is 0 Å². The first-order valence-electron chi connectivity index (χ1n) is 7.32. The number of rotatable bonds is 4. The highest BCUT2D eigenvalue weighted by Gasteiger charge is 2.17. The van der Waals surface area contributed by atoms with Gasteiger partial charge in [0, 0.05) is 18.8 Å². The maximum atomic E-state index is 5.76. The van der Waals surface area contributed by atoms with Crippen LogP contribution in [-0.4, -0.2) is 20.2 Å². The zero-order chi connectivity index (χ0) is 14.5. The van der Waals surface area contributed by atoms with Crippen LogP contribution in [0.5, 0.6) is 5.75 Å². The summed E-state index contributed by atoms with van der Waals surface area (Å²) in [4.78, 5) is 2.44. The van der Waals surface area contributed by atoms with Gasteiger partial charge in [-0.25, -0.2) is 5.84 Å². The Balaban J connectivity index is 2.18. The molecule has 4 nitrogen and oxygen atoms in total. The highest BCUT2D eigenvalue weighted by atomic mass is 32.1.